The minimum Gasteiger partial charge on any atom is -0.399 e. The molecule has 0 bridgehead atoms. The van der Waals surface area contributed by atoms with Gasteiger partial charge < -0.3 is 10.8 Å². The average Bonchev–Trinajstić information content (AvgIpc) is 2.75. The Morgan fingerprint density at radius 1 is 0.593 bits per heavy atom. The van der Waals surface area contributed by atoms with E-state index < -0.39 is 5.60 Å². The molecule has 0 unspecified atom stereocenters. The molecule has 0 amide bonds. The Balaban J connectivity index is 2.04. The summed E-state index contributed by atoms with van der Waals surface area (Å²) in [4.78, 5) is 0. The predicted molar refractivity (Wildman–Crippen MR) is 111 cm³/mol. The highest BCUT2D eigenvalue weighted by atomic mass is 16.3. The highest BCUT2D eigenvalue weighted by Crippen LogP contribution is 2.42. The highest BCUT2D eigenvalue weighted by Gasteiger charge is 2.36. The summed E-state index contributed by atoms with van der Waals surface area (Å²) in [6.45, 7) is 0. The van der Waals surface area contributed by atoms with Crippen molar-refractivity contribution in [3.05, 3.63) is 126 Å². The van der Waals surface area contributed by atoms with Gasteiger partial charge in [-0.1, -0.05) is 97.1 Å². The Labute approximate surface area is 159 Å². The monoisotopic (exact) mass is 351 g/mol. The first-order valence-corrected chi connectivity index (χ1v) is 8.98. The van der Waals surface area contributed by atoms with Gasteiger partial charge in [0.2, 0.25) is 0 Å². The summed E-state index contributed by atoms with van der Waals surface area (Å²) in [6.07, 6.45) is 0. The molecule has 0 fully saturated rings. The SMILES string of the molecule is Nc1ccc(-c2ccccc2)c(C(O)(c2ccccc2)c2ccccc2)c1. The number of hydrogen-bond donors (Lipinski definition) is 2. The van der Waals surface area contributed by atoms with Crippen LogP contribution in [0.3, 0.4) is 0 Å². The summed E-state index contributed by atoms with van der Waals surface area (Å²) in [5.41, 5.74) is 9.83. The molecule has 0 spiro atoms. The van der Waals surface area contributed by atoms with Gasteiger partial charge in [-0.05, 0) is 34.4 Å². The van der Waals surface area contributed by atoms with Crippen molar-refractivity contribution in [3.63, 3.8) is 0 Å². The first kappa shape index (κ1) is 17.1. The fraction of sp³-hybridized carbons (Fsp3) is 0.0400. The van der Waals surface area contributed by atoms with Gasteiger partial charge in [0.1, 0.15) is 5.60 Å². The average molecular weight is 351 g/mol. The van der Waals surface area contributed by atoms with Gasteiger partial charge in [0, 0.05) is 11.3 Å². The maximum Gasteiger partial charge on any atom is 0.141 e. The highest BCUT2D eigenvalue weighted by molar-refractivity contribution is 5.73. The van der Waals surface area contributed by atoms with Crippen LogP contribution in [0.4, 0.5) is 5.69 Å². The number of nitrogens with two attached hydrogens (primary N) is 1. The molecular weight excluding hydrogens is 330 g/mol. The van der Waals surface area contributed by atoms with Crippen LogP contribution in [0, 0.1) is 0 Å². The molecule has 0 saturated carbocycles. The summed E-state index contributed by atoms with van der Waals surface area (Å²) in [7, 11) is 0. The summed E-state index contributed by atoms with van der Waals surface area (Å²) >= 11 is 0. The Morgan fingerprint density at radius 2 is 1.07 bits per heavy atom. The maximum atomic E-state index is 12.1. The van der Waals surface area contributed by atoms with Gasteiger partial charge in [0.25, 0.3) is 0 Å². The number of aliphatic hydroxyl groups is 1. The minimum atomic E-state index is -1.32. The Hall–Kier alpha value is -3.36. The molecule has 0 heterocycles. The molecule has 0 aliphatic carbocycles. The van der Waals surface area contributed by atoms with E-state index in [0.29, 0.717) is 5.69 Å². The van der Waals surface area contributed by atoms with E-state index in [1.807, 2.05) is 109 Å². The fourth-order valence-corrected chi connectivity index (χ4v) is 3.57. The third-order valence-corrected chi connectivity index (χ3v) is 4.90. The topological polar surface area (TPSA) is 46.2 Å². The van der Waals surface area contributed by atoms with Crippen molar-refractivity contribution in [3.8, 4) is 11.1 Å². The van der Waals surface area contributed by atoms with Gasteiger partial charge in [0.15, 0.2) is 0 Å². The molecule has 0 radical (unpaired) electrons. The van der Waals surface area contributed by atoms with E-state index >= 15 is 0 Å². The zero-order valence-corrected chi connectivity index (χ0v) is 14.9. The molecule has 2 heteroatoms. The van der Waals surface area contributed by atoms with Crippen molar-refractivity contribution in [1.82, 2.24) is 0 Å². The second-order valence-corrected chi connectivity index (χ2v) is 6.61. The molecule has 0 aliphatic rings. The minimum absolute atomic E-state index is 0.620. The second-order valence-electron chi connectivity index (χ2n) is 6.61. The van der Waals surface area contributed by atoms with E-state index in [1.54, 1.807) is 0 Å². The van der Waals surface area contributed by atoms with Crippen LogP contribution in [0.1, 0.15) is 16.7 Å². The lowest BCUT2D eigenvalue weighted by Crippen LogP contribution is -2.29. The van der Waals surface area contributed by atoms with Crippen molar-refractivity contribution in [2.75, 3.05) is 5.73 Å². The third-order valence-electron chi connectivity index (χ3n) is 4.90. The van der Waals surface area contributed by atoms with Crippen molar-refractivity contribution >= 4 is 5.69 Å². The van der Waals surface area contributed by atoms with Gasteiger partial charge in [-0.15, -0.1) is 0 Å². The Bertz CT molecular complexity index is 988. The molecule has 4 aromatic carbocycles. The molecule has 132 valence electrons. The predicted octanol–water partition coefficient (Wildman–Crippen LogP) is 5.22. The normalized spacial score (nSPS) is 11.3. The van der Waals surface area contributed by atoms with Crippen molar-refractivity contribution in [1.29, 1.82) is 0 Å². The number of benzene rings is 4. The van der Waals surface area contributed by atoms with E-state index in [2.05, 4.69) is 0 Å². The quantitative estimate of drug-likeness (QED) is 0.391. The van der Waals surface area contributed by atoms with Crippen LogP contribution < -0.4 is 5.73 Å². The van der Waals surface area contributed by atoms with Gasteiger partial charge >= 0.3 is 0 Å². The number of nitrogen functional groups attached to an aromatic ring is 1. The molecule has 3 N–H and O–H groups in total. The molecule has 27 heavy (non-hydrogen) atoms. The number of rotatable bonds is 4. The fourth-order valence-electron chi connectivity index (χ4n) is 3.57. The molecule has 0 aromatic heterocycles. The van der Waals surface area contributed by atoms with Gasteiger partial charge in [-0.2, -0.15) is 0 Å². The third kappa shape index (κ3) is 3.12. The summed E-state index contributed by atoms with van der Waals surface area (Å²) in [5, 5.41) is 12.1. The van der Waals surface area contributed by atoms with Gasteiger partial charge in [-0.3, -0.25) is 0 Å². The summed E-state index contributed by atoms with van der Waals surface area (Å²) in [6, 6.07) is 35.3. The van der Waals surface area contributed by atoms with Crippen molar-refractivity contribution in [2.24, 2.45) is 0 Å². The lowest BCUT2D eigenvalue weighted by molar-refractivity contribution is 0.126. The molecule has 4 rings (SSSR count). The van der Waals surface area contributed by atoms with Crippen LogP contribution >= 0.6 is 0 Å². The van der Waals surface area contributed by atoms with Crippen LogP contribution in [0.2, 0.25) is 0 Å². The molecule has 0 atom stereocenters. The zero-order chi connectivity index (χ0) is 18.7. The number of hydrogen-bond acceptors (Lipinski definition) is 2. The first-order chi connectivity index (χ1) is 13.2. The van der Waals surface area contributed by atoms with Crippen molar-refractivity contribution in [2.45, 2.75) is 5.60 Å². The van der Waals surface area contributed by atoms with Crippen LogP contribution in [-0.2, 0) is 5.60 Å². The number of anilines is 1. The lowest BCUT2D eigenvalue weighted by atomic mass is 9.77. The molecular formula is C25H21NO. The largest absolute Gasteiger partial charge is 0.399 e. The van der Waals surface area contributed by atoms with Gasteiger partial charge in [-0.25, -0.2) is 0 Å². The van der Waals surface area contributed by atoms with E-state index in [-0.39, 0.29) is 0 Å². The molecule has 4 aromatic rings. The van der Waals surface area contributed by atoms with Crippen LogP contribution in [0.5, 0.6) is 0 Å². The Morgan fingerprint density at radius 3 is 1.59 bits per heavy atom. The van der Waals surface area contributed by atoms with Gasteiger partial charge in [0.05, 0.1) is 0 Å². The lowest BCUT2D eigenvalue weighted by Gasteiger charge is -2.32. The first-order valence-electron chi connectivity index (χ1n) is 8.98. The molecule has 2 nitrogen and oxygen atoms in total. The van der Waals surface area contributed by atoms with E-state index in [4.69, 9.17) is 5.73 Å². The van der Waals surface area contributed by atoms with Crippen LogP contribution in [0.25, 0.3) is 11.1 Å². The van der Waals surface area contributed by atoms with E-state index in [1.165, 1.54) is 0 Å². The zero-order valence-electron chi connectivity index (χ0n) is 14.9. The standard InChI is InChI=1S/C25H21NO/c26-22-16-17-23(19-10-4-1-5-11-19)24(18-22)25(27,20-12-6-2-7-13-20)21-14-8-3-9-15-21/h1-18,27H,26H2. The van der Waals surface area contributed by atoms with E-state index in [9.17, 15) is 5.11 Å². The van der Waals surface area contributed by atoms with Crippen molar-refractivity contribution < 1.29 is 5.11 Å². The Kier molecular flexibility index (Phi) is 4.49. The molecule has 0 aliphatic heterocycles. The van der Waals surface area contributed by atoms with E-state index in [0.717, 1.165) is 27.8 Å². The molecule has 0 saturated heterocycles. The smallest absolute Gasteiger partial charge is 0.141 e. The van der Waals surface area contributed by atoms with Crippen LogP contribution in [0.15, 0.2) is 109 Å². The van der Waals surface area contributed by atoms with Crippen LogP contribution in [-0.4, -0.2) is 5.11 Å². The summed E-state index contributed by atoms with van der Waals surface area (Å²) < 4.78 is 0. The maximum absolute atomic E-state index is 12.1. The summed E-state index contributed by atoms with van der Waals surface area (Å²) in [5.74, 6) is 0. The second kappa shape index (κ2) is 7.10.